The second-order valence-electron chi connectivity index (χ2n) is 8.69. The fourth-order valence-corrected chi connectivity index (χ4v) is 3.82. The minimum atomic E-state index is -1.17. The number of rotatable bonds is 15. The third-order valence-corrected chi connectivity index (χ3v) is 5.98. The van der Waals surface area contributed by atoms with E-state index in [0.29, 0.717) is 19.4 Å². The molecule has 0 aromatic heterocycles. The van der Waals surface area contributed by atoms with Crippen molar-refractivity contribution in [2.75, 3.05) is 6.61 Å². The Bertz CT molecular complexity index is 765. The maximum atomic E-state index is 13.2. The Hall–Kier alpha value is -2.20. The van der Waals surface area contributed by atoms with Crippen molar-refractivity contribution in [1.82, 2.24) is 0 Å². The standard InChI is InChI=1S/C28H40O4/c1-4-6-8-13-17-26(29)23(3)32-27(30)28(31-22-14-9-7-5-2)20-18-25(19-21-28)24-15-11-10-12-16-24/h10-12,15-16,18-20,23H,4-9,13-14,17,21-22H2,1-3H3. The third kappa shape index (κ3) is 8.05. The van der Waals surface area contributed by atoms with Gasteiger partial charge >= 0.3 is 5.97 Å². The number of hydrogen-bond acceptors (Lipinski definition) is 4. The smallest absolute Gasteiger partial charge is 0.343 e. The second kappa shape index (κ2) is 14.1. The van der Waals surface area contributed by atoms with E-state index >= 15 is 0 Å². The monoisotopic (exact) mass is 440 g/mol. The maximum absolute atomic E-state index is 13.2. The average Bonchev–Trinajstić information content (AvgIpc) is 2.82. The Balaban J connectivity index is 2.03. The Labute approximate surface area is 194 Å². The number of unbranched alkanes of at least 4 members (excludes halogenated alkanes) is 6. The zero-order chi connectivity index (χ0) is 23.2. The maximum Gasteiger partial charge on any atom is 0.343 e. The summed E-state index contributed by atoms with van der Waals surface area (Å²) in [5, 5.41) is 0. The largest absolute Gasteiger partial charge is 0.452 e. The van der Waals surface area contributed by atoms with Crippen LogP contribution in [-0.2, 0) is 19.1 Å². The van der Waals surface area contributed by atoms with E-state index in [1.54, 1.807) is 6.92 Å². The molecule has 4 heteroatoms. The van der Waals surface area contributed by atoms with E-state index < -0.39 is 17.7 Å². The molecule has 1 aliphatic rings. The zero-order valence-electron chi connectivity index (χ0n) is 20.1. The van der Waals surface area contributed by atoms with E-state index in [1.165, 1.54) is 0 Å². The summed E-state index contributed by atoms with van der Waals surface area (Å²) in [7, 11) is 0. The van der Waals surface area contributed by atoms with Crippen LogP contribution in [-0.4, -0.2) is 30.1 Å². The molecule has 0 aliphatic heterocycles. The Morgan fingerprint density at radius 1 is 0.969 bits per heavy atom. The number of benzene rings is 1. The lowest BCUT2D eigenvalue weighted by Gasteiger charge is -2.31. The van der Waals surface area contributed by atoms with Gasteiger partial charge in [0.25, 0.3) is 0 Å². The van der Waals surface area contributed by atoms with E-state index in [1.807, 2.05) is 48.6 Å². The first kappa shape index (κ1) is 26.1. The summed E-state index contributed by atoms with van der Waals surface area (Å²) in [5.41, 5.74) is 0.995. The molecule has 0 bridgehead atoms. The van der Waals surface area contributed by atoms with Crippen LogP contribution in [0.15, 0.2) is 48.6 Å². The highest BCUT2D eigenvalue weighted by atomic mass is 16.6. The van der Waals surface area contributed by atoms with Crippen LogP contribution >= 0.6 is 0 Å². The van der Waals surface area contributed by atoms with Crippen LogP contribution in [0.2, 0.25) is 0 Å². The van der Waals surface area contributed by atoms with Crippen LogP contribution in [0.5, 0.6) is 0 Å². The van der Waals surface area contributed by atoms with Crippen molar-refractivity contribution in [2.24, 2.45) is 0 Å². The van der Waals surface area contributed by atoms with Crippen LogP contribution in [0, 0.1) is 0 Å². The molecule has 2 atom stereocenters. The third-order valence-electron chi connectivity index (χ3n) is 5.98. The number of Topliss-reactive ketones (excluding diaryl/α,β-unsaturated/α-hetero) is 1. The van der Waals surface area contributed by atoms with E-state index in [2.05, 4.69) is 13.8 Å². The zero-order valence-corrected chi connectivity index (χ0v) is 20.1. The number of hydrogen-bond donors (Lipinski definition) is 0. The molecule has 0 N–H and O–H groups in total. The predicted octanol–water partition coefficient (Wildman–Crippen LogP) is 6.84. The molecular formula is C28H40O4. The first-order valence-corrected chi connectivity index (χ1v) is 12.3. The highest BCUT2D eigenvalue weighted by Crippen LogP contribution is 2.31. The topological polar surface area (TPSA) is 52.6 Å². The molecule has 0 amide bonds. The molecule has 2 rings (SSSR count). The number of carbonyl (C=O) groups excluding carboxylic acids is 2. The Kier molecular flexibility index (Phi) is 11.4. The molecular weight excluding hydrogens is 400 g/mol. The van der Waals surface area contributed by atoms with Crippen molar-refractivity contribution in [2.45, 2.75) is 96.7 Å². The van der Waals surface area contributed by atoms with Gasteiger partial charge in [-0.05, 0) is 37.0 Å². The summed E-state index contributed by atoms with van der Waals surface area (Å²) in [5.74, 6) is -0.491. The molecule has 1 aromatic rings. The Morgan fingerprint density at radius 2 is 1.66 bits per heavy atom. The van der Waals surface area contributed by atoms with Gasteiger partial charge in [-0.2, -0.15) is 0 Å². The number of ketones is 1. The number of ether oxygens (including phenoxy) is 2. The van der Waals surface area contributed by atoms with Crippen LogP contribution in [0.25, 0.3) is 5.57 Å². The van der Waals surface area contributed by atoms with Crippen molar-refractivity contribution in [1.29, 1.82) is 0 Å². The lowest BCUT2D eigenvalue weighted by molar-refractivity contribution is -0.173. The van der Waals surface area contributed by atoms with Gasteiger partial charge in [-0.15, -0.1) is 0 Å². The molecule has 0 spiro atoms. The molecule has 0 fully saturated rings. The summed E-state index contributed by atoms with van der Waals surface area (Å²) >= 11 is 0. The van der Waals surface area contributed by atoms with Gasteiger partial charge in [0.1, 0.15) is 0 Å². The van der Waals surface area contributed by atoms with Gasteiger partial charge in [-0.3, -0.25) is 4.79 Å². The molecule has 176 valence electrons. The summed E-state index contributed by atoms with van der Waals surface area (Å²) in [6, 6.07) is 10.1. The van der Waals surface area contributed by atoms with E-state index in [0.717, 1.165) is 62.5 Å². The van der Waals surface area contributed by atoms with Gasteiger partial charge < -0.3 is 9.47 Å². The van der Waals surface area contributed by atoms with Crippen LogP contribution in [0.4, 0.5) is 0 Å². The SMILES string of the molecule is CCCCCCOC1(C(=O)OC(C)C(=O)CCCCCC)C=CC(c2ccccc2)=CC1. The van der Waals surface area contributed by atoms with Gasteiger partial charge in [0.15, 0.2) is 17.5 Å². The van der Waals surface area contributed by atoms with Crippen molar-refractivity contribution >= 4 is 17.3 Å². The van der Waals surface area contributed by atoms with Gasteiger partial charge in [-0.1, -0.05) is 94.9 Å². The fraction of sp³-hybridized carbons (Fsp3) is 0.571. The molecule has 0 saturated heterocycles. The predicted molar refractivity (Wildman–Crippen MR) is 130 cm³/mol. The molecule has 0 heterocycles. The van der Waals surface area contributed by atoms with Crippen molar-refractivity contribution in [3.8, 4) is 0 Å². The second-order valence-corrected chi connectivity index (χ2v) is 8.69. The summed E-state index contributed by atoms with van der Waals surface area (Å²) in [4.78, 5) is 25.6. The lowest BCUT2D eigenvalue weighted by Crippen LogP contribution is -2.44. The number of esters is 1. The molecule has 32 heavy (non-hydrogen) atoms. The molecule has 0 radical (unpaired) electrons. The van der Waals surface area contributed by atoms with Crippen LogP contribution < -0.4 is 0 Å². The van der Waals surface area contributed by atoms with Gasteiger partial charge in [0, 0.05) is 19.4 Å². The number of allylic oxidation sites excluding steroid dienone is 2. The first-order valence-electron chi connectivity index (χ1n) is 12.3. The van der Waals surface area contributed by atoms with Crippen LogP contribution in [0.3, 0.4) is 0 Å². The lowest BCUT2D eigenvalue weighted by atomic mass is 9.89. The molecule has 1 aromatic carbocycles. The normalized spacial score (nSPS) is 18.8. The fourth-order valence-electron chi connectivity index (χ4n) is 3.82. The molecule has 1 aliphatic carbocycles. The molecule has 4 nitrogen and oxygen atoms in total. The van der Waals surface area contributed by atoms with E-state index in [4.69, 9.17) is 9.47 Å². The van der Waals surface area contributed by atoms with Crippen LogP contribution in [0.1, 0.15) is 90.5 Å². The average molecular weight is 441 g/mol. The molecule has 2 unspecified atom stereocenters. The van der Waals surface area contributed by atoms with Gasteiger partial charge in [0.05, 0.1) is 0 Å². The summed E-state index contributed by atoms with van der Waals surface area (Å²) in [6.07, 6.45) is 14.3. The highest BCUT2D eigenvalue weighted by Gasteiger charge is 2.41. The van der Waals surface area contributed by atoms with Gasteiger partial charge in [-0.25, -0.2) is 4.79 Å². The van der Waals surface area contributed by atoms with Gasteiger partial charge in [0.2, 0.25) is 0 Å². The Morgan fingerprint density at radius 3 is 2.28 bits per heavy atom. The molecule has 0 saturated carbocycles. The summed E-state index contributed by atoms with van der Waals surface area (Å²) in [6.45, 7) is 6.48. The summed E-state index contributed by atoms with van der Waals surface area (Å²) < 4.78 is 11.8. The minimum Gasteiger partial charge on any atom is -0.452 e. The number of carbonyl (C=O) groups is 2. The first-order chi connectivity index (χ1) is 15.5. The van der Waals surface area contributed by atoms with E-state index in [-0.39, 0.29) is 5.78 Å². The van der Waals surface area contributed by atoms with Crippen molar-refractivity contribution < 1.29 is 19.1 Å². The van der Waals surface area contributed by atoms with Crippen molar-refractivity contribution in [3.05, 3.63) is 54.1 Å². The quantitative estimate of drug-likeness (QED) is 0.221. The van der Waals surface area contributed by atoms with Crippen molar-refractivity contribution in [3.63, 3.8) is 0 Å². The minimum absolute atomic E-state index is 0.0205. The van der Waals surface area contributed by atoms with E-state index in [9.17, 15) is 9.59 Å². The highest BCUT2D eigenvalue weighted by molar-refractivity contribution is 5.90.